The van der Waals surface area contributed by atoms with Gasteiger partial charge in [0.25, 0.3) is 0 Å². The van der Waals surface area contributed by atoms with Gasteiger partial charge in [0.15, 0.2) is 0 Å². The summed E-state index contributed by atoms with van der Waals surface area (Å²) < 4.78 is 37.9. The van der Waals surface area contributed by atoms with Gasteiger partial charge in [0, 0.05) is 22.8 Å². The molecule has 4 nitrogen and oxygen atoms in total. The molecule has 6 aromatic carbocycles. The number of fused-ring (bicyclic) bond motifs is 1. The topological polar surface area (TPSA) is 50.9 Å². The first-order valence-corrected chi connectivity index (χ1v) is 21.7. The third-order valence-electron chi connectivity index (χ3n) is 12.1. The fourth-order valence-corrected chi connectivity index (χ4v) is 8.31. The molecule has 314 valence electrons. The summed E-state index contributed by atoms with van der Waals surface area (Å²) in [5.74, 6) is -0.118. The van der Waals surface area contributed by atoms with Crippen LogP contribution >= 0.6 is 0 Å². The predicted octanol–water partition coefficient (Wildman–Crippen LogP) is 15.9. The molecule has 0 radical (unpaired) electrons. The van der Waals surface area contributed by atoms with E-state index in [4.69, 9.17) is 15.5 Å². The van der Waals surface area contributed by atoms with E-state index in [0.29, 0.717) is 28.1 Å². The molecule has 0 spiro atoms. The molecule has 0 aliphatic heterocycles. The Labute approximate surface area is 375 Å². The number of aromatic hydroxyl groups is 1. The Morgan fingerprint density at radius 1 is 0.629 bits per heavy atom. The zero-order valence-electron chi connectivity index (χ0n) is 42.1. The lowest BCUT2D eigenvalue weighted by atomic mass is 9.83. The number of para-hydroxylation sites is 2. The summed E-state index contributed by atoms with van der Waals surface area (Å²) >= 11 is 0. The lowest BCUT2D eigenvalue weighted by Crippen LogP contribution is -2.12. The number of pyridine rings is 1. The molecule has 0 bridgehead atoms. The van der Waals surface area contributed by atoms with Crippen molar-refractivity contribution in [2.24, 2.45) is 0 Å². The Bertz CT molecular complexity index is 3120. The number of hydrogen-bond acceptors (Lipinski definition) is 3. The van der Waals surface area contributed by atoms with Gasteiger partial charge in [-0.05, 0) is 141 Å². The Morgan fingerprint density at radius 3 is 2.00 bits per heavy atom. The third-order valence-corrected chi connectivity index (χ3v) is 12.1. The molecule has 0 aliphatic rings. The molecule has 0 aliphatic carbocycles. The minimum atomic E-state index is -2.53. The molecule has 0 fully saturated rings. The maximum absolute atomic E-state index is 12.2. The zero-order chi connectivity index (χ0) is 47.7. The van der Waals surface area contributed by atoms with Gasteiger partial charge in [0.2, 0.25) is 0 Å². The summed E-state index contributed by atoms with van der Waals surface area (Å²) in [6, 6.07) is 42.9. The second-order valence-electron chi connectivity index (χ2n) is 19.5. The number of imidazole rings is 1. The van der Waals surface area contributed by atoms with Gasteiger partial charge in [-0.15, -0.1) is 0 Å². The first-order valence-electron chi connectivity index (χ1n) is 23.7. The second-order valence-corrected chi connectivity index (χ2v) is 19.5. The highest BCUT2D eigenvalue weighted by Crippen LogP contribution is 2.43. The van der Waals surface area contributed by atoms with Crippen LogP contribution in [0.4, 0.5) is 0 Å². The van der Waals surface area contributed by atoms with Crippen molar-refractivity contribution in [3.05, 3.63) is 167 Å². The van der Waals surface area contributed by atoms with E-state index >= 15 is 0 Å². The molecular formula is C58H61N3O. The maximum atomic E-state index is 12.2. The fraction of sp³-hybridized carbons (Fsp3) is 0.276. The second kappa shape index (κ2) is 16.2. The van der Waals surface area contributed by atoms with Crippen molar-refractivity contribution < 1.29 is 10.6 Å². The van der Waals surface area contributed by atoms with E-state index in [1.807, 2.05) is 79.2 Å². The lowest BCUT2D eigenvalue weighted by molar-refractivity contribution is 0.448. The molecule has 2 heterocycles. The normalized spacial score (nSPS) is 13.5. The van der Waals surface area contributed by atoms with Crippen molar-refractivity contribution in [3.8, 4) is 67.5 Å². The van der Waals surface area contributed by atoms with Crippen LogP contribution in [-0.2, 0) is 10.8 Å². The number of phenolic OH excluding ortho intramolecular Hbond substituents is 1. The van der Waals surface area contributed by atoms with Crippen LogP contribution in [0.25, 0.3) is 72.7 Å². The molecule has 8 aromatic rings. The molecule has 62 heavy (non-hydrogen) atoms. The highest BCUT2D eigenvalue weighted by atomic mass is 16.3. The Balaban J connectivity index is 1.40. The van der Waals surface area contributed by atoms with Crippen LogP contribution in [0.5, 0.6) is 5.75 Å². The quantitative estimate of drug-likeness (QED) is 0.166. The van der Waals surface area contributed by atoms with E-state index in [9.17, 15) is 5.11 Å². The highest BCUT2D eigenvalue weighted by molar-refractivity contribution is 5.97. The van der Waals surface area contributed by atoms with E-state index < -0.39 is 12.7 Å². The minimum absolute atomic E-state index is 0.0998. The lowest BCUT2D eigenvalue weighted by Gasteiger charge is -2.22. The summed E-state index contributed by atoms with van der Waals surface area (Å²) in [5.41, 5.74) is 14.3. The van der Waals surface area contributed by atoms with Gasteiger partial charge in [-0.3, -0.25) is 9.55 Å². The molecular weight excluding hydrogens is 755 g/mol. The molecule has 0 atom stereocenters. The molecule has 0 saturated heterocycles. The highest BCUT2D eigenvalue weighted by Gasteiger charge is 2.26. The molecule has 2 aromatic heterocycles. The van der Waals surface area contributed by atoms with Gasteiger partial charge >= 0.3 is 0 Å². The average Bonchev–Trinajstić information content (AvgIpc) is 3.64. The standard InChI is InChI=1S/C58H61N3O/c1-35(2)42-28-43(36(3)4)30-44(29-42)40-23-24-52(38(6)27-40)61-53-18-14-15-48(54(53)60-56(61)49-16-13-17-50(55(49)62)58(10,11)12)45-31-46(33-47(32-45)57(7,8)9)51-34-41(25-26-59-51)39-21-19-37(5)20-22-39/h13-36,62H,1-12H3/i6D3,35D. The van der Waals surface area contributed by atoms with Gasteiger partial charge in [0.1, 0.15) is 11.6 Å². The van der Waals surface area contributed by atoms with Crippen LogP contribution in [0.3, 0.4) is 0 Å². The van der Waals surface area contributed by atoms with Gasteiger partial charge in [0.05, 0.1) is 28.0 Å². The largest absolute Gasteiger partial charge is 0.507 e. The minimum Gasteiger partial charge on any atom is -0.507 e. The maximum Gasteiger partial charge on any atom is 0.149 e. The van der Waals surface area contributed by atoms with E-state index in [2.05, 4.69) is 129 Å². The van der Waals surface area contributed by atoms with Crippen LogP contribution in [0, 0.1) is 13.8 Å². The van der Waals surface area contributed by atoms with Crippen LogP contribution in [-0.4, -0.2) is 19.6 Å². The van der Waals surface area contributed by atoms with E-state index in [-0.39, 0.29) is 28.1 Å². The third kappa shape index (κ3) is 8.23. The number of aromatic nitrogens is 3. The van der Waals surface area contributed by atoms with Crippen LogP contribution < -0.4 is 0 Å². The van der Waals surface area contributed by atoms with E-state index in [1.165, 1.54) is 5.56 Å². The number of nitrogens with zero attached hydrogens (tertiary/aromatic N) is 3. The first-order chi connectivity index (χ1) is 30.9. The summed E-state index contributed by atoms with van der Waals surface area (Å²) in [6.07, 6.45) is 1.87. The first kappa shape index (κ1) is 37.5. The van der Waals surface area contributed by atoms with Crippen molar-refractivity contribution in [1.82, 2.24) is 14.5 Å². The fourth-order valence-electron chi connectivity index (χ4n) is 8.31. The van der Waals surface area contributed by atoms with Crippen molar-refractivity contribution in [2.45, 2.75) is 106 Å². The van der Waals surface area contributed by atoms with E-state index in [0.717, 1.165) is 66.9 Å². The molecule has 4 heteroatoms. The Kier molecular flexibility index (Phi) is 9.81. The number of rotatable bonds is 8. The van der Waals surface area contributed by atoms with Gasteiger partial charge in [-0.2, -0.15) is 0 Å². The number of benzene rings is 6. The van der Waals surface area contributed by atoms with E-state index in [1.54, 1.807) is 6.07 Å². The SMILES string of the molecule is [2H]C([2H])([2H])c1cc(-c2cc(C(C)C)cc(C([2H])(C)C)c2)ccc1-n1c(-c2cccc(C(C)(C)C)c2O)nc2c(-c3cc(-c4cc(-c5ccc(C)cc5)ccn4)cc(C(C)(C)C)c3)cccc21. The molecule has 8 rings (SSSR count). The summed E-state index contributed by atoms with van der Waals surface area (Å²) in [4.78, 5) is 10.3. The van der Waals surface area contributed by atoms with Crippen LogP contribution in [0.15, 0.2) is 134 Å². The Hall–Kier alpha value is -6.26. The van der Waals surface area contributed by atoms with Crippen molar-refractivity contribution in [2.75, 3.05) is 0 Å². The molecule has 0 saturated carbocycles. The molecule has 0 amide bonds. The molecule has 0 unspecified atom stereocenters. The Morgan fingerprint density at radius 2 is 1.31 bits per heavy atom. The summed E-state index contributed by atoms with van der Waals surface area (Å²) in [6.45, 7) is 20.4. The summed E-state index contributed by atoms with van der Waals surface area (Å²) in [5, 5.41) is 12.2. The number of aryl methyl sites for hydroxylation is 2. The smallest absolute Gasteiger partial charge is 0.149 e. The summed E-state index contributed by atoms with van der Waals surface area (Å²) in [7, 11) is 0. The van der Waals surface area contributed by atoms with Gasteiger partial charge in [-0.25, -0.2) is 4.98 Å². The van der Waals surface area contributed by atoms with Crippen molar-refractivity contribution in [1.29, 1.82) is 0 Å². The van der Waals surface area contributed by atoms with Gasteiger partial charge in [-0.1, -0.05) is 154 Å². The monoisotopic (exact) mass is 820 g/mol. The van der Waals surface area contributed by atoms with Gasteiger partial charge < -0.3 is 5.11 Å². The van der Waals surface area contributed by atoms with Crippen LogP contribution in [0.2, 0.25) is 0 Å². The predicted molar refractivity (Wildman–Crippen MR) is 263 cm³/mol. The molecule has 1 N–H and O–H groups in total. The number of phenols is 1. The van der Waals surface area contributed by atoms with Crippen molar-refractivity contribution in [3.63, 3.8) is 0 Å². The van der Waals surface area contributed by atoms with Crippen LogP contribution in [0.1, 0.15) is 120 Å². The van der Waals surface area contributed by atoms with Crippen molar-refractivity contribution >= 4 is 11.0 Å². The zero-order valence-corrected chi connectivity index (χ0v) is 38.1. The average molecular weight is 820 g/mol. The number of hydrogen-bond donors (Lipinski definition) is 1.